The van der Waals surface area contributed by atoms with Gasteiger partial charge in [0.05, 0.1) is 47.8 Å². The lowest BCUT2D eigenvalue weighted by Crippen LogP contribution is -2.49. The molecule has 0 aromatic carbocycles. The van der Waals surface area contributed by atoms with E-state index >= 15 is 0 Å². The predicted molar refractivity (Wildman–Crippen MR) is 129 cm³/mol. The maximum atomic E-state index is 14.8. The topological polar surface area (TPSA) is 83.7 Å². The molecule has 0 aliphatic carbocycles. The zero-order valence-electron chi connectivity index (χ0n) is 19.9. The van der Waals surface area contributed by atoms with Crippen molar-refractivity contribution >= 4 is 11.0 Å². The van der Waals surface area contributed by atoms with Gasteiger partial charge in [0.25, 0.3) is 5.56 Å². The van der Waals surface area contributed by atoms with E-state index in [0.29, 0.717) is 17.1 Å². The molecule has 0 bridgehead atoms. The minimum atomic E-state index is -1.45. The van der Waals surface area contributed by atoms with Crippen LogP contribution in [0.4, 0.5) is 4.39 Å². The summed E-state index contributed by atoms with van der Waals surface area (Å²) in [6, 6.07) is 5.59. The van der Waals surface area contributed by atoms with Crippen LogP contribution in [0.25, 0.3) is 11.0 Å². The van der Waals surface area contributed by atoms with Gasteiger partial charge in [0, 0.05) is 25.2 Å². The molecule has 1 atom stereocenters. The molecule has 3 aliphatic heterocycles. The summed E-state index contributed by atoms with van der Waals surface area (Å²) in [7, 11) is 2.13. The van der Waals surface area contributed by atoms with Crippen LogP contribution >= 0.6 is 0 Å². The van der Waals surface area contributed by atoms with Gasteiger partial charge in [-0.2, -0.15) is 0 Å². The largest absolute Gasteiger partial charge is 0.492 e. The molecule has 0 spiro atoms. The fourth-order valence-electron chi connectivity index (χ4n) is 5.97. The molecule has 0 unspecified atom stereocenters. The SMILES string of the molecule is CN(Cc1cc2c(cn1)OCCC2)C1CCN(C[C@@]2(O)Cn3c(=O)ccc4ncc(F)c2c43)CC1. The summed E-state index contributed by atoms with van der Waals surface area (Å²) in [4.78, 5) is 25.6. The fraction of sp³-hybridized carbons (Fsp3) is 0.500. The van der Waals surface area contributed by atoms with Gasteiger partial charge in [-0.1, -0.05) is 0 Å². The molecule has 1 N–H and O–H groups in total. The smallest absolute Gasteiger partial charge is 0.251 e. The van der Waals surface area contributed by atoms with Crippen LogP contribution in [0.2, 0.25) is 0 Å². The number of hydrogen-bond donors (Lipinski definition) is 1. The summed E-state index contributed by atoms with van der Waals surface area (Å²) in [5, 5.41) is 11.6. The normalized spacial score (nSPS) is 22.5. The van der Waals surface area contributed by atoms with Crippen LogP contribution in [0.1, 0.15) is 36.1 Å². The second-order valence-corrected chi connectivity index (χ2v) is 10.2. The average Bonchev–Trinajstić information content (AvgIpc) is 3.18. The third-order valence-electron chi connectivity index (χ3n) is 7.77. The number of likely N-dealkylation sites (tertiary alicyclic amines) is 1. The molecule has 1 saturated heterocycles. The van der Waals surface area contributed by atoms with Gasteiger partial charge in [-0.05, 0) is 63.5 Å². The fourth-order valence-corrected chi connectivity index (χ4v) is 5.97. The van der Waals surface area contributed by atoms with E-state index in [1.807, 2.05) is 6.20 Å². The van der Waals surface area contributed by atoms with Crippen LogP contribution in [-0.2, 0) is 25.1 Å². The number of aryl methyl sites for hydroxylation is 1. The average molecular weight is 480 g/mol. The number of pyridine rings is 3. The van der Waals surface area contributed by atoms with Gasteiger partial charge in [0.2, 0.25) is 0 Å². The van der Waals surface area contributed by atoms with Crippen molar-refractivity contribution in [2.75, 3.05) is 33.3 Å². The quantitative estimate of drug-likeness (QED) is 0.600. The number of halogens is 1. The molecule has 3 aromatic heterocycles. The Morgan fingerprint density at radius 1 is 1.26 bits per heavy atom. The summed E-state index contributed by atoms with van der Waals surface area (Å²) in [5.41, 5.74) is 1.74. The predicted octanol–water partition coefficient (Wildman–Crippen LogP) is 2.05. The van der Waals surface area contributed by atoms with Gasteiger partial charge in [-0.15, -0.1) is 0 Å². The number of fused-ring (bicyclic) bond motifs is 1. The lowest BCUT2D eigenvalue weighted by molar-refractivity contribution is -0.0202. The summed E-state index contributed by atoms with van der Waals surface area (Å²) in [6.07, 6.45) is 6.97. The number of β-amino-alcohol motifs (C(OH)–C–C–N with tert-alkyl or cyclic N) is 1. The molecule has 3 aliphatic rings. The first-order chi connectivity index (χ1) is 16.9. The lowest BCUT2D eigenvalue weighted by Gasteiger charge is -2.39. The monoisotopic (exact) mass is 479 g/mol. The number of rotatable bonds is 5. The van der Waals surface area contributed by atoms with E-state index < -0.39 is 11.4 Å². The minimum Gasteiger partial charge on any atom is -0.492 e. The number of nitrogens with zero attached hydrogens (tertiary/aromatic N) is 5. The van der Waals surface area contributed by atoms with E-state index in [1.54, 1.807) is 6.07 Å². The van der Waals surface area contributed by atoms with Gasteiger partial charge >= 0.3 is 0 Å². The van der Waals surface area contributed by atoms with Crippen LogP contribution < -0.4 is 10.3 Å². The van der Waals surface area contributed by atoms with Crippen LogP contribution in [0.5, 0.6) is 5.75 Å². The zero-order chi connectivity index (χ0) is 24.2. The summed E-state index contributed by atoms with van der Waals surface area (Å²) < 4.78 is 22.0. The Kier molecular flexibility index (Phi) is 5.58. The first kappa shape index (κ1) is 22.6. The van der Waals surface area contributed by atoms with E-state index in [1.165, 1.54) is 16.2 Å². The second kappa shape index (κ2) is 8.65. The number of aromatic nitrogens is 3. The molecule has 0 saturated carbocycles. The van der Waals surface area contributed by atoms with E-state index in [2.05, 4.69) is 32.9 Å². The van der Waals surface area contributed by atoms with Gasteiger partial charge < -0.3 is 14.4 Å². The van der Waals surface area contributed by atoms with Gasteiger partial charge in [0.15, 0.2) is 0 Å². The molecule has 9 heteroatoms. The van der Waals surface area contributed by atoms with E-state index in [-0.39, 0.29) is 24.2 Å². The number of ether oxygens (including phenoxy) is 1. The molecule has 6 heterocycles. The standard InChI is InChI=1S/C26H30FN5O3/c1-30(14-18-11-17-3-2-10-35-22(17)13-28-18)19-6-8-31(9-7-19)15-26(34)16-32-23(33)5-4-21-25(32)24(26)20(27)12-29-21/h4-5,11-13,19,34H,2-3,6-10,14-16H2,1H3/t26-/m1/s1. The van der Waals surface area contributed by atoms with Crippen molar-refractivity contribution in [1.29, 1.82) is 0 Å². The Balaban J connectivity index is 1.11. The van der Waals surface area contributed by atoms with Crippen molar-refractivity contribution in [3.05, 3.63) is 63.6 Å². The van der Waals surface area contributed by atoms with Crippen molar-refractivity contribution in [1.82, 2.24) is 24.3 Å². The Bertz CT molecular complexity index is 1340. The van der Waals surface area contributed by atoms with Crippen LogP contribution in [0.3, 0.4) is 0 Å². The molecule has 0 radical (unpaired) electrons. The van der Waals surface area contributed by atoms with Gasteiger partial charge in [-0.3, -0.25) is 24.6 Å². The minimum absolute atomic E-state index is 0.0503. The molecule has 8 nitrogen and oxygen atoms in total. The highest BCUT2D eigenvalue weighted by atomic mass is 19.1. The molecule has 35 heavy (non-hydrogen) atoms. The number of piperidine rings is 1. The highest BCUT2D eigenvalue weighted by Crippen LogP contribution is 2.38. The third-order valence-corrected chi connectivity index (χ3v) is 7.77. The van der Waals surface area contributed by atoms with E-state index in [4.69, 9.17) is 4.74 Å². The molecule has 3 aromatic rings. The Morgan fingerprint density at radius 2 is 2.09 bits per heavy atom. The first-order valence-corrected chi connectivity index (χ1v) is 12.4. The van der Waals surface area contributed by atoms with Crippen molar-refractivity contribution in [2.24, 2.45) is 0 Å². The molecule has 6 rings (SSSR count). The van der Waals surface area contributed by atoms with Crippen molar-refractivity contribution in [3.63, 3.8) is 0 Å². The highest BCUT2D eigenvalue weighted by Gasteiger charge is 2.43. The molecule has 1 fully saturated rings. The van der Waals surface area contributed by atoms with Crippen LogP contribution in [-0.4, -0.2) is 68.8 Å². The summed E-state index contributed by atoms with van der Waals surface area (Å²) >= 11 is 0. The van der Waals surface area contributed by atoms with Crippen LogP contribution in [0, 0.1) is 5.82 Å². The van der Waals surface area contributed by atoms with E-state index in [9.17, 15) is 14.3 Å². The first-order valence-electron chi connectivity index (χ1n) is 12.4. The number of aliphatic hydroxyl groups is 1. The number of hydrogen-bond acceptors (Lipinski definition) is 7. The maximum absolute atomic E-state index is 14.8. The third kappa shape index (κ3) is 4.01. The molecular weight excluding hydrogens is 449 g/mol. The Hall–Kier alpha value is -2.88. The Morgan fingerprint density at radius 3 is 2.91 bits per heavy atom. The van der Waals surface area contributed by atoms with E-state index in [0.717, 1.165) is 69.6 Å². The second-order valence-electron chi connectivity index (χ2n) is 10.2. The maximum Gasteiger partial charge on any atom is 0.251 e. The summed E-state index contributed by atoms with van der Waals surface area (Å²) in [6.45, 7) is 3.47. The highest BCUT2D eigenvalue weighted by molar-refractivity contribution is 5.81. The van der Waals surface area contributed by atoms with Gasteiger partial charge in [-0.25, -0.2) is 4.39 Å². The Labute approximate surface area is 203 Å². The van der Waals surface area contributed by atoms with Crippen molar-refractivity contribution in [2.45, 2.75) is 50.4 Å². The van der Waals surface area contributed by atoms with Crippen molar-refractivity contribution < 1.29 is 14.2 Å². The lowest BCUT2D eigenvalue weighted by atomic mass is 9.93. The molecule has 0 amide bonds. The zero-order valence-corrected chi connectivity index (χ0v) is 19.9. The molecular formula is C26H30FN5O3. The molecule has 184 valence electrons. The summed E-state index contributed by atoms with van der Waals surface area (Å²) in [5.74, 6) is 0.350. The van der Waals surface area contributed by atoms with Crippen molar-refractivity contribution in [3.8, 4) is 5.75 Å². The van der Waals surface area contributed by atoms with Crippen LogP contribution in [0.15, 0.2) is 35.4 Å². The van der Waals surface area contributed by atoms with Gasteiger partial charge in [0.1, 0.15) is 17.2 Å².